The Morgan fingerprint density at radius 3 is 2.72 bits per heavy atom. The van der Waals surface area contributed by atoms with E-state index in [1.54, 1.807) is 0 Å². The van der Waals surface area contributed by atoms with Crippen molar-refractivity contribution >= 4 is 15.9 Å². The zero-order valence-electron chi connectivity index (χ0n) is 11.5. The number of rotatable bonds is 4. The van der Waals surface area contributed by atoms with Gasteiger partial charge in [-0.2, -0.15) is 5.10 Å². The number of aromatic nitrogens is 2. The fraction of sp³-hybridized carbons (Fsp3) is 0.769. The van der Waals surface area contributed by atoms with Crippen LogP contribution in [0.3, 0.4) is 0 Å². The Bertz CT molecular complexity index is 429. The van der Waals surface area contributed by atoms with Gasteiger partial charge in [-0.15, -0.1) is 0 Å². The second kappa shape index (κ2) is 5.31. The van der Waals surface area contributed by atoms with E-state index in [1.165, 1.54) is 16.6 Å². The van der Waals surface area contributed by atoms with E-state index in [1.807, 2.05) is 11.7 Å². The van der Waals surface area contributed by atoms with Gasteiger partial charge >= 0.3 is 0 Å². The second-order valence-corrected chi connectivity index (χ2v) is 6.45. The van der Waals surface area contributed by atoms with Gasteiger partial charge in [0.2, 0.25) is 0 Å². The normalized spacial score (nSPS) is 24.9. The van der Waals surface area contributed by atoms with Crippen molar-refractivity contribution in [3.8, 4) is 0 Å². The highest BCUT2D eigenvalue weighted by Gasteiger charge is 2.33. The van der Waals surface area contributed by atoms with Crippen LogP contribution >= 0.6 is 15.9 Å². The van der Waals surface area contributed by atoms with E-state index in [4.69, 9.17) is 5.73 Å². The van der Waals surface area contributed by atoms with E-state index in [9.17, 15) is 0 Å². The van der Waals surface area contributed by atoms with Gasteiger partial charge in [-0.3, -0.25) is 9.58 Å². The molecular formula is C13H23BrN4. The molecule has 0 spiro atoms. The molecule has 2 rings (SSSR count). The summed E-state index contributed by atoms with van der Waals surface area (Å²) in [5.74, 6) is 0. The average molecular weight is 315 g/mol. The first kappa shape index (κ1) is 14.0. The number of hydrogen-bond donors (Lipinski definition) is 1. The fourth-order valence-electron chi connectivity index (χ4n) is 2.63. The van der Waals surface area contributed by atoms with E-state index in [0.717, 1.165) is 38.3 Å². The number of halogens is 1. The first-order valence-corrected chi connectivity index (χ1v) is 7.41. The molecule has 18 heavy (non-hydrogen) atoms. The molecule has 1 fully saturated rings. The summed E-state index contributed by atoms with van der Waals surface area (Å²) in [7, 11) is 2.03. The Hall–Kier alpha value is -0.390. The summed E-state index contributed by atoms with van der Waals surface area (Å²) in [5, 5.41) is 4.55. The maximum Gasteiger partial charge on any atom is 0.0767 e. The highest BCUT2D eigenvalue weighted by molar-refractivity contribution is 9.10. The highest BCUT2D eigenvalue weighted by atomic mass is 79.9. The molecule has 0 aromatic carbocycles. The summed E-state index contributed by atoms with van der Waals surface area (Å²) in [5.41, 5.74) is 8.56. The molecule has 1 unspecified atom stereocenters. The molecule has 1 aliphatic rings. The molecule has 1 saturated heterocycles. The summed E-state index contributed by atoms with van der Waals surface area (Å²) in [6, 6.07) is 0. The third-order valence-electron chi connectivity index (χ3n) is 4.01. The average Bonchev–Trinajstić information content (AvgIpc) is 2.85. The lowest BCUT2D eigenvalue weighted by atomic mass is 9.90. The zero-order valence-corrected chi connectivity index (χ0v) is 13.1. The predicted octanol–water partition coefficient (Wildman–Crippen LogP) is 1.92. The molecule has 102 valence electrons. The smallest absolute Gasteiger partial charge is 0.0767 e. The number of hydrogen-bond acceptors (Lipinski definition) is 3. The third-order valence-corrected chi connectivity index (χ3v) is 4.92. The van der Waals surface area contributed by atoms with Crippen molar-refractivity contribution in [2.24, 2.45) is 18.2 Å². The molecule has 1 aromatic rings. The van der Waals surface area contributed by atoms with Crippen LogP contribution in [0.2, 0.25) is 0 Å². The highest BCUT2D eigenvalue weighted by Crippen LogP contribution is 2.31. The van der Waals surface area contributed by atoms with Crippen LogP contribution in [0.1, 0.15) is 31.7 Å². The van der Waals surface area contributed by atoms with Crippen molar-refractivity contribution in [3.63, 3.8) is 0 Å². The van der Waals surface area contributed by atoms with E-state index >= 15 is 0 Å². The SMILES string of the molecule is CCc1nn(C)c(CN2CCC(C)(CN)C2)c1Br. The monoisotopic (exact) mass is 314 g/mol. The van der Waals surface area contributed by atoms with Crippen molar-refractivity contribution in [2.45, 2.75) is 33.2 Å². The largest absolute Gasteiger partial charge is 0.330 e. The lowest BCUT2D eigenvalue weighted by Crippen LogP contribution is -2.31. The minimum Gasteiger partial charge on any atom is -0.330 e. The van der Waals surface area contributed by atoms with Gasteiger partial charge < -0.3 is 5.73 Å². The van der Waals surface area contributed by atoms with Crippen molar-refractivity contribution in [3.05, 3.63) is 15.9 Å². The Morgan fingerprint density at radius 1 is 1.50 bits per heavy atom. The van der Waals surface area contributed by atoms with E-state index in [2.05, 4.69) is 39.8 Å². The first-order valence-electron chi connectivity index (χ1n) is 6.62. The van der Waals surface area contributed by atoms with E-state index in [-0.39, 0.29) is 0 Å². The minimum atomic E-state index is 0.290. The molecule has 0 amide bonds. The van der Waals surface area contributed by atoms with Crippen molar-refractivity contribution in [1.82, 2.24) is 14.7 Å². The summed E-state index contributed by atoms with van der Waals surface area (Å²) in [6.45, 7) is 8.37. The number of likely N-dealkylation sites (tertiary alicyclic amines) is 1. The Morgan fingerprint density at radius 2 is 2.22 bits per heavy atom. The van der Waals surface area contributed by atoms with Crippen molar-refractivity contribution < 1.29 is 0 Å². The molecule has 0 saturated carbocycles. The Kier molecular flexibility index (Phi) is 4.14. The maximum atomic E-state index is 5.86. The topological polar surface area (TPSA) is 47.1 Å². The van der Waals surface area contributed by atoms with Crippen LogP contribution in [0.15, 0.2) is 4.47 Å². The quantitative estimate of drug-likeness (QED) is 0.923. The van der Waals surface area contributed by atoms with Gasteiger partial charge in [0.15, 0.2) is 0 Å². The van der Waals surface area contributed by atoms with Crippen LogP contribution in [0.4, 0.5) is 0 Å². The van der Waals surface area contributed by atoms with E-state index < -0.39 is 0 Å². The summed E-state index contributed by atoms with van der Waals surface area (Å²) in [4.78, 5) is 2.48. The molecule has 1 aromatic heterocycles. The van der Waals surface area contributed by atoms with Gasteiger partial charge in [0.05, 0.1) is 15.9 Å². The third kappa shape index (κ3) is 2.63. The Balaban J connectivity index is 2.09. The van der Waals surface area contributed by atoms with Crippen LogP contribution in [0.25, 0.3) is 0 Å². The van der Waals surface area contributed by atoms with Gasteiger partial charge in [0.25, 0.3) is 0 Å². The van der Waals surface area contributed by atoms with Gasteiger partial charge in [-0.05, 0) is 47.3 Å². The van der Waals surface area contributed by atoms with Gasteiger partial charge in [0.1, 0.15) is 0 Å². The van der Waals surface area contributed by atoms with Gasteiger partial charge in [0, 0.05) is 20.1 Å². The lowest BCUT2D eigenvalue weighted by Gasteiger charge is -2.22. The molecule has 2 N–H and O–H groups in total. The summed E-state index contributed by atoms with van der Waals surface area (Å²) in [6.07, 6.45) is 2.16. The van der Waals surface area contributed by atoms with Crippen molar-refractivity contribution in [1.29, 1.82) is 0 Å². The number of nitrogens with zero attached hydrogens (tertiary/aromatic N) is 3. The molecular weight excluding hydrogens is 292 g/mol. The molecule has 1 atom stereocenters. The molecule has 5 heteroatoms. The van der Waals surface area contributed by atoms with Crippen LogP contribution in [0.5, 0.6) is 0 Å². The van der Waals surface area contributed by atoms with Crippen LogP contribution in [-0.2, 0) is 20.0 Å². The molecule has 2 heterocycles. The van der Waals surface area contributed by atoms with E-state index in [0.29, 0.717) is 5.41 Å². The maximum absolute atomic E-state index is 5.86. The molecule has 1 aliphatic heterocycles. The molecule has 0 radical (unpaired) electrons. The Labute approximate surface area is 118 Å². The molecule has 4 nitrogen and oxygen atoms in total. The van der Waals surface area contributed by atoms with Gasteiger partial charge in [-0.1, -0.05) is 13.8 Å². The van der Waals surface area contributed by atoms with Gasteiger partial charge in [-0.25, -0.2) is 0 Å². The number of aryl methyl sites for hydroxylation is 2. The van der Waals surface area contributed by atoms with Crippen LogP contribution in [-0.4, -0.2) is 34.3 Å². The predicted molar refractivity (Wildman–Crippen MR) is 77.3 cm³/mol. The zero-order chi connectivity index (χ0) is 13.3. The second-order valence-electron chi connectivity index (χ2n) is 5.66. The number of nitrogens with two attached hydrogens (primary N) is 1. The standard InChI is InChI=1S/C13H23BrN4/c1-4-10-12(14)11(17(3)16-10)7-18-6-5-13(2,8-15)9-18/h4-9,15H2,1-3H3. The van der Waals surface area contributed by atoms with Crippen LogP contribution < -0.4 is 5.73 Å². The van der Waals surface area contributed by atoms with Crippen molar-refractivity contribution in [2.75, 3.05) is 19.6 Å². The minimum absolute atomic E-state index is 0.290. The summed E-state index contributed by atoms with van der Waals surface area (Å²) < 4.78 is 3.18. The summed E-state index contributed by atoms with van der Waals surface area (Å²) >= 11 is 3.68. The molecule has 0 bridgehead atoms. The first-order chi connectivity index (χ1) is 8.49. The van der Waals surface area contributed by atoms with Crippen LogP contribution in [0, 0.1) is 5.41 Å². The fourth-order valence-corrected chi connectivity index (χ4v) is 3.37. The lowest BCUT2D eigenvalue weighted by molar-refractivity contribution is 0.268. The molecule has 0 aliphatic carbocycles.